The van der Waals surface area contributed by atoms with Gasteiger partial charge in [0.15, 0.2) is 0 Å². The van der Waals surface area contributed by atoms with Crippen LogP contribution in [0, 0.1) is 12.7 Å². The molecule has 1 saturated heterocycles. The van der Waals surface area contributed by atoms with Crippen molar-refractivity contribution in [3.63, 3.8) is 0 Å². The van der Waals surface area contributed by atoms with Gasteiger partial charge in [-0.15, -0.1) is 0 Å². The van der Waals surface area contributed by atoms with Gasteiger partial charge < -0.3 is 14.2 Å². The number of aromatic nitrogens is 3. The Hall–Kier alpha value is -3.21. The number of hydrogen-bond donors (Lipinski definition) is 0. The Morgan fingerprint density at radius 2 is 1.97 bits per heavy atom. The van der Waals surface area contributed by atoms with Crippen LogP contribution in [0.3, 0.4) is 0 Å². The zero-order valence-electron chi connectivity index (χ0n) is 20.6. The van der Waals surface area contributed by atoms with Gasteiger partial charge in [0.2, 0.25) is 10.0 Å². The Bertz CT molecular complexity index is 1480. The van der Waals surface area contributed by atoms with Crippen LogP contribution in [0.5, 0.6) is 0 Å². The van der Waals surface area contributed by atoms with Crippen LogP contribution in [0.2, 0.25) is 0 Å². The van der Waals surface area contributed by atoms with Gasteiger partial charge in [-0.2, -0.15) is 9.40 Å². The first-order valence-corrected chi connectivity index (χ1v) is 13.3. The van der Waals surface area contributed by atoms with E-state index in [9.17, 15) is 12.8 Å². The topological polar surface area (TPSA) is 72.6 Å². The first kappa shape index (κ1) is 24.5. The number of nitrogens with zero attached hydrogens (tertiary/aromatic N) is 5. The third-order valence-corrected chi connectivity index (χ3v) is 8.73. The van der Waals surface area contributed by atoms with Crippen molar-refractivity contribution in [2.24, 2.45) is 7.05 Å². The predicted molar refractivity (Wildman–Crippen MR) is 138 cm³/mol. The van der Waals surface area contributed by atoms with Crippen molar-refractivity contribution in [1.29, 1.82) is 0 Å². The van der Waals surface area contributed by atoms with Crippen molar-refractivity contribution in [2.45, 2.75) is 24.3 Å². The lowest BCUT2D eigenvalue weighted by atomic mass is 10.1. The van der Waals surface area contributed by atoms with Gasteiger partial charge in [0, 0.05) is 63.3 Å². The molecule has 0 unspecified atom stereocenters. The lowest BCUT2D eigenvalue weighted by molar-refractivity contribution is 0.168. The Morgan fingerprint density at radius 3 is 2.67 bits per heavy atom. The van der Waals surface area contributed by atoms with Crippen molar-refractivity contribution in [2.75, 3.05) is 38.3 Å². The maximum absolute atomic E-state index is 13.5. The van der Waals surface area contributed by atoms with Gasteiger partial charge in [0.1, 0.15) is 5.82 Å². The van der Waals surface area contributed by atoms with Crippen LogP contribution in [0.4, 0.5) is 10.1 Å². The zero-order valence-corrected chi connectivity index (χ0v) is 21.4. The van der Waals surface area contributed by atoms with E-state index in [1.54, 1.807) is 57.5 Å². The highest BCUT2D eigenvalue weighted by Crippen LogP contribution is 2.32. The lowest BCUT2D eigenvalue weighted by Crippen LogP contribution is -2.43. The van der Waals surface area contributed by atoms with Gasteiger partial charge in [0.05, 0.1) is 28.9 Å². The quantitative estimate of drug-likeness (QED) is 0.361. The predicted octanol–water partition coefficient (Wildman–Crippen LogP) is 3.73. The molecule has 0 radical (unpaired) electrons. The Balaban J connectivity index is 1.42. The van der Waals surface area contributed by atoms with Crippen molar-refractivity contribution in [1.82, 2.24) is 18.7 Å². The summed E-state index contributed by atoms with van der Waals surface area (Å²) in [5, 5.41) is 5.49. The molecule has 0 saturated carbocycles. The standard InChI is InChI=1S/C26H30FN5O3S/c1-19-14-26-20(16-28-32(26)22-6-4-21(27)5-7-22)15-25(19)30-11-8-23(17-30)31(12-13-35-3)36(33,34)24-9-10-29(2)18-24/h4-7,9-10,14-16,18,23H,8,11-13,17H2,1-3H3/t23-/m1/s1. The molecule has 8 nitrogen and oxygen atoms in total. The SMILES string of the molecule is COCCN([C@@H]1CCN(c2cc3cnn(-c4ccc(F)cc4)c3cc2C)C1)S(=O)(=O)c1ccn(C)c1. The molecule has 190 valence electrons. The minimum Gasteiger partial charge on any atom is -0.383 e. The highest BCUT2D eigenvalue weighted by atomic mass is 32.2. The van der Waals surface area contributed by atoms with Gasteiger partial charge in [0.25, 0.3) is 0 Å². The zero-order chi connectivity index (χ0) is 25.4. The number of anilines is 1. The number of fused-ring (bicyclic) bond motifs is 1. The van der Waals surface area contributed by atoms with Gasteiger partial charge >= 0.3 is 0 Å². The van der Waals surface area contributed by atoms with Crippen molar-refractivity contribution >= 4 is 26.6 Å². The fourth-order valence-corrected chi connectivity index (χ4v) is 6.62. The molecule has 10 heteroatoms. The van der Waals surface area contributed by atoms with Crippen LogP contribution < -0.4 is 4.90 Å². The van der Waals surface area contributed by atoms with E-state index in [1.807, 2.05) is 14.0 Å². The van der Waals surface area contributed by atoms with E-state index in [-0.39, 0.29) is 11.9 Å². The number of sulfonamides is 1. The largest absolute Gasteiger partial charge is 0.383 e. The molecular weight excluding hydrogens is 481 g/mol. The van der Waals surface area contributed by atoms with E-state index in [4.69, 9.17) is 4.74 Å². The molecule has 0 amide bonds. The molecule has 4 aromatic rings. The van der Waals surface area contributed by atoms with Crippen LogP contribution in [-0.4, -0.2) is 66.5 Å². The molecule has 1 fully saturated rings. The first-order chi connectivity index (χ1) is 17.3. The summed E-state index contributed by atoms with van der Waals surface area (Å²) in [4.78, 5) is 2.54. The van der Waals surface area contributed by atoms with Crippen molar-refractivity contribution in [3.05, 3.63) is 72.4 Å². The molecule has 0 bridgehead atoms. The Labute approximate surface area is 210 Å². The second-order valence-corrected chi connectivity index (χ2v) is 11.1. The number of aryl methyl sites for hydroxylation is 2. The summed E-state index contributed by atoms with van der Waals surface area (Å²) >= 11 is 0. The van der Waals surface area contributed by atoms with Gasteiger partial charge in [-0.25, -0.2) is 17.5 Å². The van der Waals surface area contributed by atoms with Crippen LogP contribution in [0.15, 0.2) is 66.0 Å². The van der Waals surface area contributed by atoms with Crippen LogP contribution in [-0.2, 0) is 21.8 Å². The maximum Gasteiger partial charge on any atom is 0.244 e. The van der Waals surface area contributed by atoms with E-state index >= 15 is 0 Å². The molecule has 1 aliphatic heterocycles. The van der Waals surface area contributed by atoms with Gasteiger partial charge in [-0.1, -0.05) is 0 Å². The number of ether oxygens (including phenoxy) is 1. The molecule has 0 N–H and O–H groups in total. The van der Waals surface area contributed by atoms with Gasteiger partial charge in [-0.3, -0.25) is 0 Å². The molecule has 1 aliphatic rings. The molecule has 36 heavy (non-hydrogen) atoms. The van der Waals surface area contributed by atoms with Gasteiger partial charge in [-0.05, 0) is 61.4 Å². The monoisotopic (exact) mass is 511 g/mol. The maximum atomic E-state index is 13.5. The molecule has 5 rings (SSSR count). The van der Waals surface area contributed by atoms with Crippen LogP contribution in [0.1, 0.15) is 12.0 Å². The smallest absolute Gasteiger partial charge is 0.244 e. The van der Waals surface area contributed by atoms with Crippen LogP contribution >= 0.6 is 0 Å². The van der Waals surface area contributed by atoms with E-state index < -0.39 is 10.0 Å². The summed E-state index contributed by atoms with van der Waals surface area (Å²) in [5.41, 5.74) is 3.86. The van der Waals surface area contributed by atoms with E-state index in [1.165, 1.54) is 12.1 Å². The minimum absolute atomic E-state index is 0.164. The normalized spacial score (nSPS) is 16.5. The van der Waals surface area contributed by atoms with E-state index in [2.05, 4.69) is 22.1 Å². The van der Waals surface area contributed by atoms with E-state index in [0.717, 1.165) is 40.8 Å². The Morgan fingerprint density at radius 1 is 1.19 bits per heavy atom. The Kier molecular flexibility index (Phi) is 6.59. The first-order valence-electron chi connectivity index (χ1n) is 11.9. The third kappa shape index (κ3) is 4.52. The molecule has 2 aromatic carbocycles. The molecule has 1 atom stereocenters. The summed E-state index contributed by atoms with van der Waals surface area (Å²) in [7, 11) is -0.256. The van der Waals surface area contributed by atoms with Crippen molar-refractivity contribution in [3.8, 4) is 5.69 Å². The average Bonchev–Trinajstić information content (AvgIpc) is 3.59. The molecule has 3 heterocycles. The highest BCUT2D eigenvalue weighted by Gasteiger charge is 2.36. The second-order valence-electron chi connectivity index (χ2n) is 9.24. The summed E-state index contributed by atoms with van der Waals surface area (Å²) in [6.07, 6.45) is 5.91. The number of methoxy groups -OCH3 is 1. The van der Waals surface area contributed by atoms with Crippen LogP contribution in [0.25, 0.3) is 16.6 Å². The fraction of sp³-hybridized carbons (Fsp3) is 0.346. The summed E-state index contributed by atoms with van der Waals surface area (Å²) in [5.74, 6) is -0.286. The number of hydrogen-bond acceptors (Lipinski definition) is 5. The molecule has 2 aromatic heterocycles. The minimum atomic E-state index is -3.65. The molecular formula is C26H30FN5O3S. The third-order valence-electron chi connectivity index (χ3n) is 6.80. The average molecular weight is 512 g/mol. The second kappa shape index (κ2) is 9.68. The number of rotatable bonds is 8. The molecule has 0 spiro atoms. The number of benzene rings is 2. The highest BCUT2D eigenvalue weighted by molar-refractivity contribution is 7.89. The number of halogens is 1. The van der Waals surface area contributed by atoms with Crippen molar-refractivity contribution < 1.29 is 17.5 Å². The molecule has 0 aliphatic carbocycles. The summed E-state index contributed by atoms with van der Waals surface area (Å²) in [6.45, 7) is 4.02. The van der Waals surface area contributed by atoms with E-state index in [0.29, 0.717) is 24.6 Å². The summed E-state index contributed by atoms with van der Waals surface area (Å²) in [6, 6.07) is 11.9. The lowest BCUT2D eigenvalue weighted by Gasteiger charge is -2.28. The fourth-order valence-electron chi connectivity index (χ4n) is 4.94. The summed E-state index contributed by atoms with van der Waals surface area (Å²) < 4.78 is 50.7.